The first-order valence-corrected chi connectivity index (χ1v) is 37.5. The number of hydrogen-bond acceptors (Lipinski definition) is 17. The van der Waals surface area contributed by atoms with Crippen LogP contribution < -0.4 is 13.3 Å². The Bertz CT molecular complexity index is 1250. The molecule has 0 bridgehead atoms. The van der Waals surface area contributed by atoms with E-state index in [9.17, 15) is 38.4 Å². The van der Waals surface area contributed by atoms with Gasteiger partial charge in [0.1, 0.15) is 58.5 Å². The second kappa shape index (κ2) is 54.0. The first-order chi connectivity index (χ1) is 33.8. The van der Waals surface area contributed by atoms with Crippen LogP contribution in [0.3, 0.4) is 0 Å². The van der Waals surface area contributed by atoms with Crippen LogP contribution >= 0.6 is 37.2 Å². The number of carbonyl (C=O) groups is 8. The third-order valence-corrected chi connectivity index (χ3v) is 9.81. The Kier molecular flexibility index (Phi) is 56.6. The Hall–Kier alpha value is -0.810. The molecule has 71 heavy (non-hydrogen) atoms. The zero-order valence-electron chi connectivity index (χ0n) is 44.4. The van der Waals surface area contributed by atoms with E-state index < -0.39 is 5.41 Å². The van der Waals surface area contributed by atoms with Crippen molar-refractivity contribution in [2.75, 3.05) is 106 Å². The van der Waals surface area contributed by atoms with Crippen molar-refractivity contribution in [1.29, 1.82) is 0 Å². The van der Waals surface area contributed by atoms with Crippen molar-refractivity contribution in [2.24, 2.45) is 5.41 Å². The fourth-order valence-corrected chi connectivity index (χ4v) is 6.14. The molecule has 2 atom stereocenters. The molecular formula is C51H90I3O17-. The van der Waals surface area contributed by atoms with Gasteiger partial charge in [-0.3, -0.25) is 0 Å². The molecule has 2 unspecified atom stereocenters. The Morgan fingerprint density at radius 2 is 0.507 bits per heavy atom. The van der Waals surface area contributed by atoms with E-state index >= 15 is 0 Å². The third kappa shape index (κ3) is 61.6. The molecular weight excluding hydrogens is 1270 g/mol. The van der Waals surface area contributed by atoms with Crippen molar-refractivity contribution >= 4 is 83.5 Å². The molecule has 0 saturated carbocycles. The number of Topliss-reactive ketones (excluding diaryl/α,β-unsaturated/α-hetero) is 8. The third-order valence-electron chi connectivity index (χ3n) is 9.81. The van der Waals surface area contributed by atoms with E-state index in [2.05, 4.69) is 37.2 Å². The van der Waals surface area contributed by atoms with Crippen LogP contribution in [0.2, 0.25) is 0 Å². The molecule has 0 amide bonds. The topological polar surface area (TPSA) is 220 Å². The SMILES string of the molecule is CC(=O)CCCOCC(COCC(COCCCC(C)=O)OCCCC(C)=O)OCCCC(C)=O.CC(=O)CCCOCC(COCCCC(C)=O)(COCCCC(C)=O)COCCCC(C)=O.I[I-]I. The maximum absolute atomic E-state index is 11.2. The molecule has 418 valence electrons. The van der Waals surface area contributed by atoms with Gasteiger partial charge in [0.05, 0.1) is 58.3 Å². The van der Waals surface area contributed by atoms with Gasteiger partial charge in [-0.2, -0.15) is 0 Å². The Balaban J connectivity index is -0.00000123. The molecule has 0 aliphatic heterocycles. The van der Waals surface area contributed by atoms with Crippen LogP contribution in [0.1, 0.15) is 158 Å². The Morgan fingerprint density at radius 1 is 0.324 bits per heavy atom. The van der Waals surface area contributed by atoms with Crippen LogP contribution in [0.5, 0.6) is 0 Å². The summed E-state index contributed by atoms with van der Waals surface area (Å²) in [7, 11) is 0. The normalized spacial score (nSPS) is 12.0. The molecule has 0 saturated heterocycles. The summed E-state index contributed by atoms with van der Waals surface area (Å²) in [6, 6.07) is 0. The molecule has 0 heterocycles. The van der Waals surface area contributed by atoms with E-state index in [1.165, 1.54) is 0 Å². The fourth-order valence-electron chi connectivity index (χ4n) is 6.14. The first kappa shape index (κ1) is 74.4. The molecule has 0 radical (unpaired) electrons. The number of halogens is 3. The first-order valence-electron chi connectivity index (χ1n) is 24.9. The van der Waals surface area contributed by atoms with Crippen LogP contribution in [0, 0.1) is 5.41 Å². The minimum atomic E-state index is -0.571. The molecule has 20 heteroatoms. The summed E-state index contributed by atoms with van der Waals surface area (Å²) in [5.41, 5.74) is -0.571. The summed E-state index contributed by atoms with van der Waals surface area (Å²) in [5.74, 6) is 1.01. The predicted molar refractivity (Wildman–Crippen MR) is 285 cm³/mol. The second-order valence-electron chi connectivity index (χ2n) is 17.9. The molecule has 0 spiro atoms. The molecule has 0 aliphatic rings. The monoisotopic (exact) mass is 1360 g/mol. The predicted octanol–water partition coefficient (Wildman–Crippen LogP) is 5.57. The quantitative estimate of drug-likeness (QED) is 0.0537. The molecule has 0 fully saturated rings. The van der Waals surface area contributed by atoms with Crippen LogP contribution in [0.25, 0.3) is 0 Å². The van der Waals surface area contributed by atoms with Crippen LogP contribution in [-0.4, -0.2) is 164 Å². The number of ether oxygens (including phenoxy) is 9. The molecule has 0 N–H and O–H groups in total. The van der Waals surface area contributed by atoms with Crippen molar-refractivity contribution < 1.29 is 94.2 Å². The maximum atomic E-state index is 11.2. The molecule has 0 aromatic rings. The van der Waals surface area contributed by atoms with Crippen LogP contribution in [0.15, 0.2) is 0 Å². The van der Waals surface area contributed by atoms with Gasteiger partial charge >= 0.3 is 50.5 Å². The number of carbonyl (C=O) groups excluding carboxylic acids is 8. The van der Waals surface area contributed by atoms with Gasteiger partial charge in [-0.1, -0.05) is 0 Å². The molecule has 0 aromatic carbocycles. The standard InChI is InChI=1S/C26H46O9.C25H44O8.I3/c1-21(27)9-5-13-31-17-25(34-15-7-11-23(3)29)19-33-20-26(35-16-8-12-24(4)30)18-32-14-6-10-22(2)28;1-21(26)9-5-13-30-17-25(18-31-14-6-10-22(2)27,19-32-15-7-11-23(3)28)20-33-16-8-12-24(4)29;1-3-2/h25-26H,5-20H2,1-4H3;5-20H2,1-4H3;/q;;-1. The van der Waals surface area contributed by atoms with E-state index in [-0.39, 0.29) is 71.7 Å². The van der Waals surface area contributed by atoms with Gasteiger partial charge in [0.15, 0.2) is 0 Å². The Morgan fingerprint density at radius 3 is 0.718 bits per heavy atom. The van der Waals surface area contributed by atoms with Crippen LogP contribution in [-0.2, 0) is 81.0 Å². The summed E-state index contributed by atoms with van der Waals surface area (Å²) in [6.45, 7) is 18.5. The van der Waals surface area contributed by atoms with Gasteiger partial charge in [0.2, 0.25) is 0 Å². The van der Waals surface area contributed by atoms with Crippen molar-refractivity contribution in [1.82, 2.24) is 0 Å². The van der Waals surface area contributed by atoms with E-state index in [1.54, 1.807) is 55.4 Å². The van der Waals surface area contributed by atoms with E-state index in [0.717, 1.165) is 0 Å². The average molecular weight is 1360 g/mol. The molecule has 0 aliphatic carbocycles. The van der Waals surface area contributed by atoms with Gasteiger partial charge in [-0.15, -0.1) is 0 Å². The van der Waals surface area contributed by atoms with Crippen molar-refractivity contribution in [3.05, 3.63) is 0 Å². The average Bonchev–Trinajstić information content (AvgIpc) is 3.27. The van der Waals surface area contributed by atoms with Gasteiger partial charge in [0.25, 0.3) is 0 Å². The summed E-state index contributed by atoms with van der Waals surface area (Å²) >= 11 is 5.30. The molecule has 0 aromatic heterocycles. The van der Waals surface area contributed by atoms with Gasteiger partial charge in [-0.05, 0) is 107 Å². The van der Waals surface area contributed by atoms with Crippen molar-refractivity contribution in [3.8, 4) is 0 Å². The van der Waals surface area contributed by atoms with Gasteiger partial charge < -0.3 is 81.0 Å². The zero-order valence-corrected chi connectivity index (χ0v) is 50.8. The van der Waals surface area contributed by atoms with Crippen molar-refractivity contribution in [3.63, 3.8) is 0 Å². The van der Waals surface area contributed by atoms with Crippen LogP contribution in [0.4, 0.5) is 0 Å². The van der Waals surface area contributed by atoms with Gasteiger partial charge in [0, 0.05) is 104 Å². The zero-order chi connectivity index (χ0) is 54.0. The fraction of sp³-hybridized carbons (Fsp3) is 0.843. The number of ketones is 8. The van der Waals surface area contributed by atoms with Crippen molar-refractivity contribution in [2.45, 2.75) is 170 Å². The second-order valence-corrected chi connectivity index (χ2v) is 34.1. The minimum absolute atomic E-state index is 0.120. The number of rotatable bonds is 50. The van der Waals surface area contributed by atoms with E-state index in [4.69, 9.17) is 42.6 Å². The van der Waals surface area contributed by atoms with E-state index in [0.29, 0.717) is 208 Å². The summed E-state index contributed by atoms with van der Waals surface area (Å²) in [5, 5.41) is 0. The number of hydrogen-bond donors (Lipinski definition) is 0. The summed E-state index contributed by atoms with van der Waals surface area (Å²) < 4.78 is 52.4. The summed E-state index contributed by atoms with van der Waals surface area (Å²) in [6.07, 6.45) is 8.29. The van der Waals surface area contributed by atoms with Gasteiger partial charge in [-0.25, -0.2) is 0 Å². The Labute approximate surface area is 455 Å². The molecule has 17 nitrogen and oxygen atoms in total. The van der Waals surface area contributed by atoms with E-state index in [1.807, 2.05) is 0 Å². The molecule has 0 rings (SSSR count). The summed E-state index contributed by atoms with van der Waals surface area (Å²) in [4.78, 5) is 89.1.